The fourth-order valence-corrected chi connectivity index (χ4v) is 5.18. The third-order valence-corrected chi connectivity index (χ3v) is 6.34. The fraction of sp³-hybridized carbons (Fsp3) is 0.211. The molecule has 132 valence electrons. The van der Waals surface area contributed by atoms with E-state index in [2.05, 4.69) is 4.98 Å². The fourth-order valence-electron chi connectivity index (χ4n) is 2.85. The molecule has 0 radical (unpaired) electrons. The Balaban J connectivity index is 1.53. The lowest BCUT2D eigenvalue weighted by atomic mass is 10.3. The number of imide groups is 1. The number of anilines is 1. The monoisotopic (exact) mass is 384 g/mol. The second-order valence-corrected chi connectivity index (χ2v) is 8.23. The number of benzene rings is 2. The minimum Gasteiger partial charge on any atom is -0.494 e. The van der Waals surface area contributed by atoms with Crippen molar-refractivity contribution in [2.45, 2.75) is 22.9 Å². The molecular weight excluding hydrogens is 368 g/mol. The van der Waals surface area contributed by atoms with Crippen LogP contribution in [0.15, 0.2) is 52.9 Å². The van der Waals surface area contributed by atoms with Gasteiger partial charge in [-0.1, -0.05) is 23.9 Å². The first-order valence-corrected chi connectivity index (χ1v) is 9.97. The summed E-state index contributed by atoms with van der Waals surface area (Å²) >= 11 is 2.91. The number of ether oxygens (including phenoxy) is 1. The van der Waals surface area contributed by atoms with E-state index >= 15 is 0 Å². The quantitative estimate of drug-likeness (QED) is 0.619. The molecule has 1 aliphatic rings. The molecule has 0 bridgehead atoms. The van der Waals surface area contributed by atoms with Gasteiger partial charge in [0.05, 0.1) is 22.5 Å². The molecule has 4 rings (SSSR count). The van der Waals surface area contributed by atoms with Crippen LogP contribution < -0.4 is 9.64 Å². The highest BCUT2D eigenvalue weighted by Crippen LogP contribution is 2.37. The molecule has 1 fully saturated rings. The van der Waals surface area contributed by atoms with Crippen LogP contribution in [-0.4, -0.2) is 28.7 Å². The third-order valence-electron chi connectivity index (χ3n) is 4.03. The maximum Gasteiger partial charge on any atom is 0.247 e. The van der Waals surface area contributed by atoms with Crippen LogP contribution in [0.2, 0.25) is 0 Å². The van der Waals surface area contributed by atoms with Gasteiger partial charge in [-0.2, -0.15) is 0 Å². The summed E-state index contributed by atoms with van der Waals surface area (Å²) < 4.78 is 7.30. The smallest absolute Gasteiger partial charge is 0.247 e. The Kier molecular flexibility index (Phi) is 4.65. The molecule has 7 heteroatoms. The molecule has 0 aliphatic carbocycles. The average Bonchev–Trinajstić information content (AvgIpc) is 3.17. The van der Waals surface area contributed by atoms with Gasteiger partial charge < -0.3 is 4.74 Å². The van der Waals surface area contributed by atoms with Crippen LogP contribution in [0.1, 0.15) is 13.3 Å². The first kappa shape index (κ1) is 17.1. The van der Waals surface area contributed by atoms with E-state index in [1.807, 2.05) is 31.2 Å². The number of carbonyl (C=O) groups is 2. The summed E-state index contributed by atoms with van der Waals surface area (Å²) in [4.78, 5) is 31.0. The molecule has 26 heavy (non-hydrogen) atoms. The number of hydrogen-bond donors (Lipinski definition) is 0. The van der Waals surface area contributed by atoms with Crippen molar-refractivity contribution in [1.29, 1.82) is 0 Å². The number of aromatic nitrogens is 1. The van der Waals surface area contributed by atoms with Gasteiger partial charge in [-0.05, 0) is 43.3 Å². The lowest BCUT2D eigenvalue weighted by molar-refractivity contribution is -0.121. The number of fused-ring (bicyclic) bond motifs is 1. The Bertz CT molecular complexity index is 935. The standard InChI is InChI=1S/C19H16N2O3S2/c1-2-24-13-9-7-12(8-10-13)21-17(22)11-16(18(21)23)26-19-20-14-5-3-4-6-15(14)25-19/h3-10,16H,2,11H2,1H3/t16-/m1/s1. The van der Waals surface area contributed by atoms with Gasteiger partial charge in [0, 0.05) is 6.42 Å². The zero-order valence-corrected chi connectivity index (χ0v) is 15.7. The van der Waals surface area contributed by atoms with Crippen molar-refractivity contribution >= 4 is 50.8 Å². The zero-order chi connectivity index (χ0) is 18.1. The van der Waals surface area contributed by atoms with E-state index in [0.717, 1.165) is 20.3 Å². The number of para-hydroxylation sites is 1. The lowest BCUT2D eigenvalue weighted by Gasteiger charge is -2.15. The van der Waals surface area contributed by atoms with E-state index in [1.54, 1.807) is 35.6 Å². The number of hydrogen-bond acceptors (Lipinski definition) is 6. The third kappa shape index (κ3) is 3.20. The summed E-state index contributed by atoms with van der Waals surface area (Å²) in [5, 5.41) is -0.436. The topological polar surface area (TPSA) is 59.5 Å². The molecular formula is C19H16N2O3S2. The SMILES string of the molecule is CCOc1ccc(N2C(=O)C[C@@H](Sc3nc4ccccc4s3)C2=O)cc1. The molecule has 2 aromatic carbocycles. The second-order valence-electron chi connectivity index (χ2n) is 5.75. The van der Waals surface area contributed by atoms with Crippen molar-refractivity contribution in [3.8, 4) is 5.75 Å². The van der Waals surface area contributed by atoms with Crippen molar-refractivity contribution in [1.82, 2.24) is 4.98 Å². The van der Waals surface area contributed by atoms with E-state index in [9.17, 15) is 9.59 Å². The predicted molar refractivity (Wildman–Crippen MR) is 104 cm³/mol. The molecule has 3 aromatic rings. The lowest BCUT2D eigenvalue weighted by Crippen LogP contribution is -2.31. The summed E-state index contributed by atoms with van der Waals surface area (Å²) in [6, 6.07) is 14.9. The number of carbonyl (C=O) groups excluding carboxylic acids is 2. The van der Waals surface area contributed by atoms with E-state index in [1.165, 1.54) is 16.7 Å². The van der Waals surface area contributed by atoms with E-state index < -0.39 is 5.25 Å². The predicted octanol–water partition coefficient (Wildman–Crippen LogP) is 4.12. The largest absolute Gasteiger partial charge is 0.494 e. The molecule has 2 heterocycles. The zero-order valence-electron chi connectivity index (χ0n) is 14.0. The maximum atomic E-state index is 12.8. The van der Waals surface area contributed by atoms with Crippen molar-refractivity contribution in [3.63, 3.8) is 0 Å². The van der Waals surface area contributed by atoms with E-state index in [0.29, 0.717) is 12.3 Å². The highest BCUT2D eigenvalue weighted by molar-refractivity contribution is 8.02. The van der Waals surface area contributed by atoms with Gasteiger partial charge in [-0.15, -0.1) is 11.3 Å². The highest BCUT2D eigenvalue weighted by Gasteiger charge is 2.40. The second kappa shape index (κ2) is 7.09. The summed E-state index contributed by atoms with van der Waals surface area (Å²) in [6.07, 6.45) is 0.187. The van der Waals surface area contributed by atoms with Gasteiger partial charge in [-0.3, -0.25) is 9.59 Å². The van der Waals surface area contributed by atoms with Gasteiger partial charge in [0.15, 0.2) is 4.34 Å². The van der Waals surface area contributed by atoms with Crippen molar-refractivity contribution in [2.75, 3.05) is 11.5 Å². The number of thioether (sulfide) groups is 1. The Morgan fingerprint density at radius 2 is 1.96 bits per heavy atom. The van der Waals surface area contributed by atoms with E-state index in [4.69, 9.17) is 4.74 Å². The maximum absolute atomic E-state index is 12.8. The van der Waals surface area contributed by atoms with Crippen LogP contribution in [-0.2, 0) is 9.59 Å². The molecule has 1 atom stereocenters. The Hall–Kier alpha value is -2.38. The van der Waals surface area contributed by atoms with Gasteiger partial charge in [-0.25, -0.2) is 9.88 Å². The van der Waals surface area contributed by atoms with Crippen molar-refractivity contribution < 1.29 is 14.3 Å². The summed E-state index contributed by atoms with van der Waals surface area (Å²) in [7, 11) is 0. The van der Waals surface area contributed by atoms with Gasteiger partial charge in [0.25, 0.3) is 0 Å². The van der Waals surface area contributed by atoms with Crippen molar-refractivity contribution in [3.05, 3.63) is 48.5 Å². The molecule has 0 N–H and O–H groups in total. The molecule has 0 spiro atoms. The number of thiazole rings is 1. The summed E-state index contributed by atoms with van der Waals surface area (Å²) in [5.74, 6) is 0.344. The Morgan fingerprint density at radius 1 is 1.19 bits per heavy atom. The normalized spacial score (nSPS) is 17.3. The number of nitrogens with zero attached hydrogens (tertiary/aromatic N) is 2. The van der Waals surface area contributed by atoms with Gasteiger partial charge >= 0.3 is 0 Å². The minimum atomic E-state index is -0.436. The molecule has 1 saturated heterocycles. The van der Waals surface area contributed by atoms with Crippen molar-refractivity contribution in [2.24, 2.45) is 0 Å². The molecule has 5 nitrogen and oxygen atoms in total. The minimum absolute atomic E-state index is 0.183. The Morgan fingerprint density at radius 3 is 2.69 bits per heavy atom. The van der Waals surface area contributed by atoms with Gasteiger partial charge in [0.2, 0.25) is 11.8 Å². The van der Waals surface area contributed by atoms with Crippen LogP contribution in [0.3, 0.4) is 0 Å². The van der Waals surface area contributed by atoms with Gasteiger partial charge in [0.1, 0.15) is 11.0 Å². The van der Waals surface area contributed by atoms with Crippen LogP contribution in [0, 0.1) is 0 Å². The van der Waals surface area contributed by atoms with Crippen LogP contribution in [0.5, 0.6) is 5.75 Å². The molecule has 0 unspecified atom stereocenters. The van der Waals surface area contributed by atoms with Crippen LogP contribution >= 0.6 is 23.1 Å². The average molecular weight is 384 g/mol. The Labute approximate surface area is 159 Å². The van der Waals surface area contributed by atoms with Crippen LogP contribution in [0.4, 0.5) is 5.69 Å². The van der Waals surface area contributed by atoms with Crippen LogP contribution in [0.25, 0.3) is 10.2 Å². The molecule has 2 amide bonds. The summed E-state index contributed by atoms with van der Waals surface area (Å²) in [5.41, 5.74) is 1.50. The molecule has 0 saturated carbocycles. The first-order valence-electron chi connectivity index (χ1n) is 8.27. The molecule has 1 aromatic heterocycles. The molecule has 1 aliphatic heterocycles. The highest BCUT2D eigenvalue weighted by atomic mass is 32.2. The number of amides is 2. The van der Waals surface area contributed by atoms with E-state index in [-0.39, 0.29) is 18.2 Å². The number of rotatable bonds is 5. The summed E-state index contributed by atoms with van der Waals surface area (Å²) in [6.45, 7) is 2.48. The first-order chi connectivity index (χ1) is 12.7.